The lowest BCUT2D eigenvalue weighted by molar-refractivity contribution is -0.154. The Labute approximate surface area is 70.1 Å². The molecule has 0 unspecified atom stereocenters. The van der Waals surface area contributed by atoms with Gasteiger partial charge in [-0.05, 0) is 0 Å². The number of nitrogens with one attached hydrogen (secondary N) is 1. The molecule has 0 spiro atoms. The maximum atomic E-state index is 11.6. The third-order valence-corrected chi connectivity index (χ3v) is 1.12. The summed E-state index contributed by atoms with van der Waals surface area (Å²) in [5.74, 6) is 0. The van der Waals surface area contributed by atoms with Crippen molar-refractivity contribution >= 4 is 0 Å². The Morgan fingerprint density at radius 3 is 2.62 bits per heavy atom. The topological polar surface area (TPSA) is 59.9 Å². The van der Waals surface area contributed by atoms with E-state index in [2.05, 4.69) is 9.84 Å². The second-order valence-electron chi connectivity index (χ2n) is 2.26. The van der Waals surface area contributed by atoms with E-state index in [4.69, 9.17) is 0 Å². The van der Waals surface area contributed by atoms with Crippen LogP contribution < -0.4 is 10.4 Å². The molecule has 1 aromatic rings. The number of hydrogen-bond donors (Lipinski definition) is 1. The fourth-order valence-corrected chi connectivity index (χ4v) is 0.594. The van der Waals surface area contributed by atoms with Crippen molar-refractivity contribution < 1.29 is 17.9 Å². The average Bonchev–Trinajstić information content (AvgIpc) is 2.27. The predicted octanol–water partition coefficient (Wildman–Crippen LogP) is 0.0495. The number of rotatable bonds is 2. The fourth-order valence-electron chi connectivity index (χ4n) is 0.594. The SMILES string of the molecule is Cn1nc(OCC(F)(F)F)[nH]c1=O. The van der Waals surface area contributed by atoms with Crippen LogP contribution in [0.25, 0.3) is 0 Å². The number of aromatic nitrogens is 3. The Morgan fingerprint density at radius 1 is 1.62 bits per heavy atom. The molecule has 1 N–H and O–H groups in total. The van der Waals surface area contributed by atoms with Crippen LogP contribution in [0.1, 0.15) is 0 Å². The first kappa shape index (κ1) is 9.62. The number of alkyl halides is 3. The van der Waals surface area contributed by atoms with Gasteiger partial charge in [-0.25, -0.2) is 9.48 Å². The molecule has 13 heavy (non-hydrogen) atoms. The van der Waals surface area contributed by atoms with Crippen LogP contribution in [0.5, 0.6) is 6.01 Å². The van der Waals surface area contributed by atoms with Crippen molar-refractivity contribution in [3.63, 3.8) is 0 Å². The Kier molecular flexibility index (Phi) is 2.30. The lowest BCUT2D eigenvalue weighted by Gasteiger charge is -2.04. The largest absolute Gasteiger partial charge is 0.454 e. The summed E-state index contributed by atoms with van der Waals surface area (Å²) in [5, 5.41) is 3.34. The van der Waals surface area contributed by atoms with Crippen LogP contribution in [-0.2, 0) is 7.05 Å². The minimum absolute atomic E-state index is 0.440. The van der Waals surface area contributed by atoms with Crippen LogP contribution in [0.2, 0.25) is 0 Å². The van der Waals surface area contributed by atoms with E-state index in [-0.39, 0.29) is 0 Å². The van der Waals surface area contributed by atoms with Gasteiger partial charge in [0.15, 0.2) is 6.61 Å². The molecule has 1 rings (SSSR count). The van der Waals surface area contributed by atoms with Crippen molar-refractivity contribution in [2.75, 3.05) is 6.61 Å². The number of aryl methyl sites for hydroxylation is 1. The molecule has 0 amide bonds. The van der Waals surface area contributed by atoms with Crippen molar-refractivity contribution in [3.8, 4) is 6.01 Å². The lowest BCUT2D eigenvalue weighted by Crippen LogP contribution is -2.19. The van der Waals surface area contributed by atoms with Gasteiger partial charge in [0.2, 0.25) is 0 Å². The van der Waals surface area contributed by atoms with Crippen LogP contribution in [0.4, 0.5) is 13.2 Å². The average molecular weight is 197 g/mol. The first-order chi connectivity index (χ1) is 5.88. The van der Waals surface area contributed by atoms with Gasteiger partial charge in [0.1, 0.15) is 0 Å². The highest BCUT2D eigenvalue weighted by molar-refractivity contribution is 4.87. The molecule has 0 fully saturated rings. The Bertz CT molecular complexity index is 340. The van der Waals surface area contributed by atoms with Gasteiger partial charge in [-0.3, -0.25) is 4.98 Å². The maximum Gasteiger partial charge on any atom is 0.422 e. The van der Waals surface area contributed by atoms with E-state index >= 15 is 0 Å². The number of hydrogen-bond acceptors (Lipinski definition) is 3. The number of aromatic amines is 1. The van der Waals surface area contributed by atoms with Crippen molar-refractivity contribution in [1.29, 1.82) is 0 Å². The Balaban J connectivity index is 2.61. The summed E-state index contributed by atoms with van der Waals surface area (Å²) in [6.07, 6.45) is -4.44. The van der Waals surface area contributed by atoms with Gasteiger partial charge in [-0.1, -0.05) is 0 Å². The molecule has 0 aliphatic rings. The van der Waals surface area contributed by atoms with Crippen LogP contribution >= 0.6 is 0 Å². The second-order valence-corrected chi connectivity index (χ2v) is 2.26. The van der Waals surface area contributed by atoms with Crippen LogP contribution in [0.3, 0.4) is 0 Å². The smallest absolute Gasteiger partial charge is 0.422 e. The predicted molar refractivity (Wildman–Crippen MR) is 35.4 cm³/mol. The minimum atomic E-state index is -4.44. The Morgan fingerprint density at radius 2 is 2.23 bits per heavy atom. The zero-order valence-corrected chi connectivity index (χ0v) is 6.55. The zero-order valence-electron chi connectivity index (χ0n) is 6.55. The third kappa shape index (κ3) is 2.80. The van der Waals surface area contributed by atoms with Gasteiger partial charge in [-0.15, -0.1) is 5.10 Å². The highest BCUT2D eigenvalue weighted by Gasteiger charge is 2.29. The molecule has 8 heteroatoms. The molecule has 1 aromatic heterocycles. The van der Waals surface area contributed by atoms with Crippen LogP contribution in [0.15, 0.2) is 4.79 Å². The molecular weight excluding hydrogens is 191 g/mol. The van der Waals surface area contributed by atoms with Gasteiger partial charge in [0.25, 0.3) is 0 Å². The van der Waals surface area contributed by atoms with E-state index < -0.39 is 24.5 Å². The summed E-state index contributed by atoms with van der Waals surface area (Å²) in [6, 6.07) is -0.440. The Hall–Kier alpha value is -1.47. The summed E-state index contributed by atoms with van der Waals surface area (Å²) in [6.45, 7) is -1.47. The lowest BCUT2D eigenvalue weighted by atomic mass is 10.7. The van der Waals surface area contributed by atoms with Crippen molar-refractivity contribution in [2.24, 2.45) is 7.05 Å². The van der Waals surface area contributed by atoms with Crippen molar-refractivity contribution in [2.45, 2.75) is 6.18 Å². The summed E-state index contributed by atoms with van der Waals surface area (Å²) in [4.78, 5) is 12.6. The van der Waals surface area contributed by atoms with Gasteiger partial charge in [0.05, 0.1) is 0 Å². The zero-order chi connectivity index (χ0) is 10.1. The molecule has 0 aromatic carbocycles. The highest BCUT2D eigenvalue weighted by atomic mass is 19.4. The first-order valence-electron chi connectivity index (χ1n) is 3.21. The minimum Gasteiger partial charge on any atom is -0.454 e. The normalized spacial score (nSPS) is 11.7. The molecule has 0 saturated carbocycles. The molecule has 0 aliphatic carbocycles. The van der Waals surface area contributed by atoms with Crippen LogP contribution in [-0.4, -0.2) is 27.5 Å². The second kappa shape index (κ2) is 3.11. The molecule has 0 saturated heterocycles. The summed E-state index contributed by atoms with van der Waals surface area (Å²) < 4.78 is 39.8. The molecule has 74 valence electrons. The number of ether oxygens (including phenoxy) is 1. The van der Waals surface area contributed by atoms with E-state index in [0.29, 0.717) is 0 Å². The summed E-state index contributed by atoms with van der Waals surface area (Å²) in [7, 11) is 1.29. The van der Waals surface area contributed by atoms with E-state index in [1.54, 1.807) is 0 Å². The van der Waals surface area contributed by atoms with Crippen LogP contribution in [0, 0.1) is 0 Å². The van der Waals surface area contributed by atoms with Crippen molar-refractivity contribution in [1.82, 2.24) is 14.8 Å². The highest BCUT2D eigenvalue weighted by Crippen LogP contribution is 2.14. The summed E-state index contributed by atoms with van der Waals surface area (Å²) in [5.41, 5.74) is -0.628. The van der Waals surface area contributed by atoms with E-state index in [0.717, 1.165) is 4.68 Å². The third-order valence-electron chi connectivity index (χ3n) is 1.12. The van der Waals surface area contributed by atoms with Gasteiger partial charge in [0, 0.05) is 7.05 Å². The molecule has 0 aliphatic heterocycles. The maximum absolute atomic E-state index is 11.6. The molecule has 5 nitrogen and oxygen atoms in total. The number of nitrogens with zero attached hydrogens (tertiary/aromatic N) is 2. The van der Waals surface area contributed by atoms with Gasteiger partial charge in [-0.2, -0.15) is 13.2 Å². The number of H-pyrrole nitrogens is 1. The van der Waals surface area contributed by atoms with E-state index in [1.807, 2.05) is 4.98 Å². The van der Waals surface area contributed by atoms with Gasteiger partial charge >= 0.3 is 17.9 Å². The quantitative estimate of drug-likeness (QED) is 0.728. The molecule has 1 heterocycles. The molecule has 0 bridgehead atoms. The fraction of sp³-hybridized carbons (Fsp3) is 0.600. The molecule has 0 radical (unpaired) electrons. The number of halogens is 3. The van der Waals surface area contributed by atoms with E-state index in [1.165, 1.54) is 7.05 Å². The standard InChI is InChI=1S/C5H6F3N3O2/c1-11-4(12)9-3(10-11)13-2-5(6,7)8/h2H2,1H3,(H,9,10,12). The van der Waals surface area contributed by atoms with Crippen molar-refractivity contribution in [3.05, 3.63) is 10.5 Å². The monoisotopic (exact) mass is 197 g/mol. The van der Waals surface area contributed by atoms with E-state index in [9.17, 15) is 18.0 Å². The molecular formula is C5H6F3N3O2. The summed E-state index contributed by atoms with van der Waals surface area (Å²) >= 11 is 0. The van der Waals surface area contributed by atoms with Gasteiger partial charge < -0.3 is 4.74 Å². The first-order valence-corrected chi connectivity index (χ1v) is 3.21. The molecule has 0 atom stereocenters.